The maximum Gasteiger partial charge on any atom is 0.405 e. The molecule has 0 bridgehead atoms. The van der Waals surface area contributed by atoms with Crippen LogP contribution in [-0.4, -0.2) is 34.7 Å². The van der Waals surface area contributed by atoms with E-state index < -0.39 is 11.6 Å². The van der Waals surface area contributed by atoms with E-state index in [-0.39, 0.29) is 18.6 Å². The molecule has 1 fully saturated rings. The Bertz CT molecular complexity index is 1230. The van der Waals surface area contributed by atoms with Crippen molar-refractivity contribution < 1.29 is 19.4 Å². The fourth-order valence-electron chi connectivity index (χ4n) is 4.89. The number of anilines is 1. The number of hydrogen-bond donors (Lipinski definition) is 2. The van der Waals surface area contributed by atoms with Crippen LogP contribution in [0.2, 0.25) is 0 Å². The number of fused-ring (bicyclic) bond motifs is 1. The summed E-state index contributed by atoms with van der Waals surface area (Å²) in [7, 11) is 0. The van der Waals surface area contributed by atoms with Crippen molar-refractivity contribution in [3.63, 3.8) is 0 Å². The average Bonchev–Trinajstić information content (AvgIpc) is 2.81. The molecule has 34 heavy (non-hydrogen) atoms. The highest BCUT2D eigenvalue weighted by atomic mass is 16.5. The first kappa shape index (κ1) is 21.9. The van der Waals surface area contributed by atoms with Gasteiger partial charge in [-0.2, -0.15) is 0 Å². The Balaban J connectivity index is 1.61. The van der Waals surface area contributed by atoms with E-state index in [1.807, 2.05) is 74.5 Å². The summed E-state index contributed by atoms with van der Waals surface area (Å²) in [5.41, 5.74) is 4.65. The Labute approximate surface area is 198 Å². The van der Waals surface area contributed by atoms with Gasteiger partial charge in [0.1, 0.15) is 5.69 Å². The molecule has 5 rings (SSSR count). The van der Waals surface area contributed by atoms with Gasteiger partial charge in [-0.25, -0.2) is 9.78 Å². The van der Waals surface area contributed by atoms with E-state index in [2.05, 4.69) is 5.32 Å². The van der Waals surface area contributed by atoms with Gasteiger partial charge in [-0.15, -0.1) is 0 Å². The minimum absolute atomic E-state index is 0.0221. The molecule has 1 aromatic heterocycles. The largest absolute Gasteiger partial charge is 0.466 e. The molecule has 1 saturated carbocycles. The van der Waals surface area contributed by atoms with Gasteiger partial charge in [0.15, 0.2) is 6.61 Å². The van der Waals surface area contributed by atoms with Crippen LogP contribution in [-0.2, 0) is 10.3 Å². The Morgan fingerprint density at radius 3 is 2.38 bits per heavy atom. The highest BCUT2D eigenvalue weighted by Gasteiger charge is 2.40. The van der Waals surface area contributed by atoms with Gasteiger partial charge >= 0.3 is 6.09 Å². The first-order valence-electron chi connectivity index (χ1n) is 11.6. The summed E-state index contributed by atoms with van der Waals surface area (Å²) in [5, 5.41) is 12.0. The van der Waals surface area contributed by atoms with Gasteiger partial charge in [0, 0.05) is 17.2 Å². The molecule has 1 aliphatic carbocycles. The third-order valence-electron chi connectivity index (χ3n) is 6.69. The van der Waals surface area contributed by atoms with Gasteiger partial charge in [0.05, 0.1) is 11.2 Å². The zero-order valence-electron chi connectivity index (χ0n) is 19.2. The monoisotopic (exact) mass is 457 g/mol. The molecule has 0 radical (unpaired) electrons. The van der Waals surface area contributed by atoms with E-state index in [1.165, 1.54) is 0 Å². The van der Waals surface area contributed by atoms with Crippen LogP contribution in [0, 0.1) is 0 Å². The van der Waals surface area contributed by atoms with E-state index in [4.69, 9.17) is 9.72 Å². The SMILES string of the molecule is CC(C)N1C(=O)COc2nc(-c3ccc(C4(NC(=O)O)CCC4)cc3)c(-c3ccccc3)cc21. The summed E-state index contributed by atoms with van der Waals surface area (Å²) in [6.07, 6.45) is 1.57. The molecular weight excluding hydrogens is 430 g/mol. The van der Waals surface area contributed by atoms with Crippen molar-refractivity contribution in [1.82, 2.24) is 10.3 Å². The van der Waals surface area contributed by atoms with Crippen molar-refractivity contribution in [3.05, 3.63) is 66.2 Å². The number of rotatable bonds is 5. The van der Waals surface area contributed by atoms with Crippen molar-refractivity contribution in [1.29, 1.82) is 0 Å². The maximum atomic E-state index is 12.6. The van der Waals surface area contributed by atoms with Crippen LogP contribution in [0.5, 0.6) is 5.88 Å². The van der Waals surface area contributed by atoms with E-state index in [9.17, 15) is 14.7 Å². The fourth-order valence-corrected chi connectivity index (χ4v) is 4.89. The number of ether oxygens (including phenoxy) is 1. The van der Waals surface area contributed by atoms with Crippen molar-refractivity contribution in [2.45, 2.75) is 44.7 Å². The summed E-state index contributed by atoms with van der Waals surface area (Å²) in [5.74, 6) is 0.354. The Kier molecular flexibility index (Phi) is 5.48. The predicted octanol–water partition coefficient (Wildman–Crippen LogP) is 5.20. The molecule has 7 heteroatoms. The number of amides is 2. The van der Waals surface area contributed by atoms with Gasteiger partial charge in [-0.05, 0) is 50.3 Å². The topological polar surface area (TPSA) is 91.8 Å². The molecule has 2 aromatic carbocycles. The predicted molar refractivity (Wildman–Crippen MR) is 130 cm³/mol. The van der Waals surface area contributed by atoms with Crippen molar-refractivity contribution >= 4 is 17.7 Å². The minimum atomic E-state index is -1.01. The van der Waals surface area contributed by atoms with E-state index in [0.717, 1.165) is 47.2 Å². The van der Waals surface area contributed by atoms with Crippen LogP contribution in [0.3, 0.4) is 0 Å². The molecule has 0 spiro atoms. The Morgan fingerprint density at radius 1 is 1.09 bits per heavy atom. The van der Waals surface area contributed by atoms with Gasteiger partial charge in [0.2, 0.25) is 5.88 Å². The lowest BCUT2D eigenvalue weighted by Crippen LogP contribution is -2.50. The Morgan fingerprint density at radius 2 is 1.79 bits per heavy atom. The number of nitrogens with zero attached hydrogens (tertiary/aromatic N) is 2. The number of nitrogens with one attached hydrogen (secondary N) is 1. The number of aromatic nitrogens is 1. The summed E-state index contributed by atoms with van der Waals surface area (Å²) in [6.45, 7) is 3.91. The van der Waals surface area contributed by atoms with Gasteiger partial charge in [-0.3, -0.25) is 4.79 Å². The normalized spacial score (nSPS) is 16.4. The summed E-state index contributed by atoms with van der Waals surface area (Å²) >= 11 is 0. The molecule has 0 atom stereocenters. The van der Waals surface area contributed by atoms with E-state index in [1.54, 1.807) is 4.90 Å². The molecule has 3 aromatic rings. The fraction of sp³-hybridized carbons (Fsp3) is 0.296. The number of carboxylic acid groups (broad SMARTS) is 1. The molecular formula is C27H27N3O4. The molecule has 2 aliphatic rings. The molecule has 2 heterocycles. The zero-order chi connectivity index (χ0) is 23.9. The number of pyridine rings is 1. The number of carbonyl (C=O) groups is 2. The van der Waals surface area contributed by atoms with Crippen molar-refractivity contribution in [3.8, 4) is 28.3 Å². The van der Waals surface area contributed by atoms with Crippen LogP contribution >= 0.6 is 0 Å². The molecule has 174 valence electrons. The lowest BCUT2D eigenvalue weighted by atomic mass is 9.71. The smallest absolute Gasteiger partial charge is 0.405 e. The van der Waals surface area contributed by atoms with Crippen molar-refractivity contribution in [2.75, 3.05) is 11.5 Å². The highest BCUT2D eigenvalue weighted by molar-refractivity contribution is 5.99. The standard InChI is InChI=1S/C27H27N3O4/c1-17(2)30-22-15-21(18-7-4-3-5-8-18)24(28-25(22)34-16-23(30)31)19-9-11-20(12-10-19)27(13-6-14-27)29-26(32)33/h3-5,7-12,15,17,29H,6,13-14,16H2,1-2H3,(H,32,33). The van der Waals surface area contributed by atoms with Crippen LogP contribution < -0.4 is 15.0 Å². The number of benzene rings is 2. The maximum absolute atomic E-state index is 12.6. The first-order valence-corrected chi connectivity index (χ1v) is 11.6. The Hall–Kier alpha value is -3.87. The second-order valence-electron chi connectivity index (χ2n) is 9.16. The zero-order valence-corrected chi connectivity index (χ0v) is 19.2. The highest BCUT2D eigenvalue weighted by Crippen LogP contribution is 2.44. The van der Waals surface area contributed by atoms with Gasteiger partial charge in [-0.1, -0.05) is 54.6 Å². The average molecular weight is 458 g/mol. The van der Waals surface area contributed by atoms with Crippen LogP contribution in [0.1, 0.15) is 38.7 Å². The lowest BCUT2D eigenvalue weighted by Gasteiger charge is -2.42. The third kappa shape index (κ3) is 3.77. The van der Waals surface area contributed by atoms with Crippen molar-refractivity contribution in [2.24, 2.45) is 0 Å². The molecule has 2 N–H and O–H groups in total. The minimum Gasteiger partial charge on any atom is -0.466 e. The van der Waals surface area contributed by atoms with Crippen LogP contribution in [0.25, 0.3) is 22.4 Å². The number of carbonyl (C=O) groups excluding carboxylic acids is 1. The second-order valence-corrected chi connectivity index (χ2v) is 9.16. The van der Waals surface area contributed by atoms with E-state index in [0.29, 0.717) is 11.6 Å². The molecule has 1 aliphatic heterocycles. The van der Waals surface area contributed by atoms with Crippen LogP contribution in [0.15, 0.2) is 60.7 Å². The van der Waals surface area contributed by atoms with Crippen LogP contribution in [0.4, 0.5) is 10.5 Å². The van der Waals surface area contributed by atoms with Gasteiger partial charge in [0.25, 0.3) is 5.91 Å². The lowest BCUT2D eigenvalue weighted by molar-refractivity contribution is -0.121. The molecule has 2 amide bonds. The third-order valence-corrected chi connectivity index (χ3v) is 6.69. The second kappa shape index (κ2) is 8.48. The summed E-state index contributed by atoms with van der Waals surface area (Å²) in [4.78, 5) is 30.5. The first-order chi connectivity index (χ1) is 16.4. The molecule has 0 saturated heterocycles. The molecule has 0 unspecified atom stereocenters. The molecule has 7 nitrogen and oxygen atoms in total. The van der Waals surface area contributed by atoms with E-state index >= 15 is 0 Å². The number of hydrogen-bond acceptors (Lipinski definition) is 4. The quantitative estimate of drug-likeness (QED) is 0.550. The van der Waals surface area contributed by atoms with Gasteiger partial charge < -0.3 is 20.1 Å². The summed E-state index contributed by atoms with van der Waals surface area (Å²) in [6, 6.07) is 19.8. The summed E-state index contributed by atoms with van der Waals surface area (Å²) < 4.78 is 5.74.